The van der Waals surface area contributed by atoms with Gasteiger partial charge in [0.1, 0.15) is 12.2 Å². The predicted octanol–water partition coefficient (Wildman–Crippen LogP) is 2.84. The number of fused-ring (bicyclic) bond motifs is 1. The minimum atomic E-state index is -0.213. The Bertz CT molecular complexity index is 1010. The van der Waals surface area contributed by atoms with E-state index < -0.39 is 0 Å². The van der Waals surface area contributed by atoms with E-state index in [9.17, 15) is 9.59 Å². The number of aromatic nitrogens is 1. The average Bonchev–Trinajstić information content (AvgIpc) is 3.08. The van der Waals surface area contributed by atoms with Gasteiger partial charge in [0.25, 0.3) is 5.91 Å². The number of carbonyl (C=O) groups is 2. The van der Waals surface area contributed by atoms with Gasteiger partial charge in [-0.2, -0.15) is 0 Å². The molecule has 0 atom stereocenters. The number of aryl methyl sites for hydroxylation is 1. The van der Waals surface area contributed by atoms with Gasteiger partial charge in [-0.3, -0.25) is 9.59 Å². The standard InChI is InChI=1S/C23H29Cl2N5O2/c1-3-28-6-8-29(9-7-28)20(31)13-30-12-18-21(16-5-4-15(24)10-19(16)25)17(11-26)14(2)27-22(18)23(30)32/h10H,3-9,11-13,26H2,1-2H3. The van der Waals surface area contributed by atoms with Crippen molar-refractivity contribution in [2.45, 2.75) is 39.8 Å². The van der Waals surface area contributed by atoms with E-state index in [4.69, 9.17) is 28.9 Å². The van der Waals surface area contributed by atoms with Gasteiger partial charge < -0.3 is 20.4 Å². The average molecular weight is 478 g/mol. The van der Waals surface area contributed by atoms with E-state index in [1.54, 1.807) is 11.0 Å². The van der Waals surface area contributed by atoms with Gasteiger partial charge >= 0.3 is 0 Å². The third-order valence-electron chi connectivity index (χ3n) is 6.63. The van der Waals surface area contributed by atoms with Crippen LogP contribution in [0, 0.1) is 6.92 Å². The normalized spacial score (nSPS) is 19.5. The van der Waals surface area contributed by atoms with E-state index in [2.05, 4.69) is 16.8 Å². The molecular formula is C23H29Cl2N5O2. The molecule has 0 saturated carbocycles. The molecular weight excluding hydrogens is 449 g/mol. The summed E-state index contributed by atoms with van der Waals surface area (Å²) in [4.78, 5) is 36.5. The number of amides is 2. The lowest BCUT2D eigenvalue weighted by atomic mass is 9.88. The van der Waals surface area contributed by atoms with Crippen LogP contribution in [0.3, 0.4) is 0 Å². The van der Waals surface area contributed by atoms with Gasteiger partial charge in [0.05, 0.1) is 0 Å². The van der Waals surface area contributed by atoms with Crippen molar-refractivity contribution in [1.82, 2.24) is 19.7 Å². The minimum Gasteiger partial charge on any atom is -0.339 e. The summed E-state index contributed by atoms with van der Waals surface area (Å²) in [6, 6.07) is 0. The zero-order valence-electron chi connectivity index (χ0n) is 18.6. The zero-order chi connectivity index (χ0) is 23.0. The van der Waals surface area contributed by atoms with Gasteiger partial charge in [-0.15, -0.1) is 0 Å². The molecule has 32 heavy (non-hydrogen) atoms. The van der Waals surface area contributed by atoms with Gasteiger partial charge in [0.15, 0.2) is 0 Å². The van der Waals surface area contributed by atoms with Gasteiger partial charge in [-0.1, -0.05) is 30.1 Å². The number of pyridine rings is 1. The van der Waals surface area contributed by atoms with E-state index in [1.807, 2.05) is 11.8 Å². The number of nitrogens with two attached hydrogens (primary N) is 1. The summed E-state index contributed by atoms with van der Waals surface area (Å²) in [6.07, 6.45) is 3.12. The van der Waals surface area contributed by atoms with Crippen LogP contribution in [0.5, 0.6) is 0 Å². The van der Waals surface area contributed by atoms with Crippen molar-refractivity contribution in [1.29, 1.82) is 0 Å². The molecule has 4 rings (SSSR count). The van der Waals surface area contributed by atoms with E-state index in [1.165, 1.54) is 0 Å². The molecule has 0 unspecified atom stereocenters. The van der Waals surface area contributed by atoms with Crippen molar-refractivity contribution in [3.8, 4) is 0 Å². The van der Waals surface area contributed by atoms with Gasteiger partial charge in [-0.25, -0.2) is 4.98 Å². The fraction of sp³-hybridized carbons (Fsp3) is 0.522. The smallest absolute Gasteiger partial charge is 0.273 e. The second-order valence-electron chi connectivity index (χ2n) is 8.48. The number of likely N-dealkylation sites (N-methyl/N-ethyl adjacent to an activating group) is 1. The zero-order valence-corrected chi connectivity index (χ0v) is 20.1. The third-order valence-corrected chi connectivity index (χ3v) is 7.27. The van der Waals surface area contributed by atoms with Crippen molar-refractivity contribution < 1.29 is 9.59 Å². The maximum absolute atomic E-state index is 13.2. The third kappa shape index (κ3) is 4.31. The van der Waals surface area contributed by atoms with Crippen molar-refractivity contribution in [3.63, 3.8) is 0 Å². The van der Waals surface area contributed by atoms with Crippen molar-refractivity contribution in [2.75, 3.05) is 39.3 Å². The monoisotopic (exact) mass is 477 g/mol. The first-order chi connectivity index (χ1) is 15.3. The maximum Gasteiger partial charge on any atom is 0.273 e. The molecule has 0 radical (unpaired) electrons. The Morgan fingerprint density at radius 3 is 2.53 bits per heavy atom. The largest absolute Gasteiger partial charge is 0.339 e. The second-order valence-corrected chi connectivity index (χ2v) is 9.37. The van der Waals surface area contributed by atoms with E-state index in [0.29, 0.717) is 54.8 Å². The molecule has 1 aliphatic carbocycles. The van der Waals surface area contributed by atoms with Crippen LogP contribution in [-0.2, 0) is 17.9 Å². The molecule has 7 nitrogen and oxygen atoms in total. The summed E-state index contributed by atoms with van der Waals surface area (Å²) in [5.41, 5.74) is 10.7. The molecule has 1 saturated heterocycles. The number of allylic oxidation sites excluding steroid dienone is 4. The van der Waals surface area contributed by atoms with E-state index in [-0.39, 0.29) is 18.4 Å². The van der Waals surface area contributed by atoms with E-state index in [0.717, 1.165) is 47.6 Å². The molecule has 172 valence electrons. The number of piperazine rings is 1. The summed E-state index contributed by atoms with van der Waals surface area (Å²) in [5, 5.41) is 1.28. The van der Waals surface area contributed by atoms with Gasteiger partial charge in [0.2, 0.25) is 5.91 Å². The molecule has 0 aromatic carbocycles. The van der Waals surface area contributed by atoms with Crippen LogP contribution in [0.2, 0.25) is 0 Å². The first-order valence-corrected chi connectivity index (χ1v) is 11.9. The molecule has 3 aliphatic rings. The summed E-state index contributed by atoms with van der Waals surface area (Å²) < 4.78 is 0. The predicted molar refractivity (Wildman–Crippen MR) is 126 cm³/mol. The Balaban J connectivity index is 1.62. The van der Waals surface area contributed by atoms with Crippen LogP contribution >= 0.6 is 23.2 Å². The Hall–Kier alpha value is -1.93. The number of carbonyl (C=O) groups excluding carboxylic acids is 2. The second kappa shape index (κ2) is 9.51. The van der Waals surface area contributed by atoms with Crippen molar-refractivity contribution >= 4 is 40.6 Å². The molecule has 2 N–H and O–H groups in total. The minimum absolute atomic E-state index is 0.0242. The highest BCUT2D eigenvalue weighted by Gasteiger charge is 2.36. The van der Waals surface area contributed by atoms with Gasteiger partial charge in [-0.05, 0) is 49.1 Å². The fourth-order valence-corrected chi connectivity index (χ4v) is 5.33. The van der Waals surface area contributed by atoms with Crippen LogP contribution < -0.4 is 5.73 Å². The van der Waals surface area contributed by atoms with Crippen molar-refractivity contribution in [3.05, 3.63) is 44.2 Å². The highest BCUT2D eigenvalue weighted by atomic mass is 35.5. The van der Waals surface area contributed by atoms with Crippen molar-refractivity contribution in [2.24, 2.45) is 5.73 Å². The lowest BCUT2D eigenvalue weighted by molar-refractivity contribution is -0.133. The fourth-order valence-electron chi connectivity index (χ4n) is 4.75. The highest BCUT2D eigenvalue weighted by molar-refractivity contribution is 6.37. The molecule has 1 aromatic heterocycles. The molecule has 2 aliphatic heterocycles. The number of nitrogens with zero attached hydrogens (tertiary/aromatic N) is 4. The van der Waals surface area contributed by atoms with Gasteiger partial charge in [0, 0.05) is 60.6 Å². The molecule has 0 bridgehead atoms. The lowest BCUT2D eigenvalue weighted by Gasteiger charge is -2.34. The number of hydrogen-bond donors (Lipinski definition) is 1. The van der Waals surface area contributed by atoms with Crippen LogP contribution in [0.4, 0.5) is 0 Å². The molecule has 3 heterocycles. The van der Waals surface area contributed by atoms with Crippen LogP contribution in [-0.4, -0.2) is 70.8 Å². The maximum atomic E-state index is 13.2. The first-order valence-electron chi connectivity index (χ1n) is 11.1. The SMILES string of the molecule is CCN1CCN(C(=O)CN2Cc3c(nc(C)c(CN)c3C3=C(Cl)C=C(Cl)CC3)C2=O)CC1. The summed E-state index contributed by atoms with van der Waals surface area (Å²) in [5.74, 6) is -0.238. The molecule has 0 spiro atoms. The number of halogens is 2. The summed E-state index contributed by atoms with van der Waals surface area (Å²) >= 11 is 12.8. The quantitative estimate of drug-likeness (QED) is 0.704. The lowest BCUT2D eigenvalue weighted by Crippen LogP contribution is -2.51. The summed E-state index contributed by atoms with van der Waals surface area (Å²) in [6.45, 7) is 8.76. The number of rotatable bonds is 5. The molecule has 1 aromatic rings. The summed E-state index contributed by atoms with van der Waals surface area (Å²) in [7, 11) is 0. The topological polar surface area (TPSA) is 82.8 Å². The Morgan fingerprint density at radius 1 is 1.19 bits per heavy atom. The molecule has 9 heteroatoms. The Morgan fingerprint density at radius 2 is 1.91 bits per heavy atom. The van der Waals surface area contributed by atoms with Crippen LogP contribution in [0.25, 0.3) is 5.57 Å². The first kappa shape index (κ1) is 23.2. The van der Waals surface area contributed by atoms with E-state index >= 15 is 0 Å². The Labute approximate surface area is 198 Å². The molecule has 1 fully saturated rings. The molecule has 2 amide bonds. The number of hydrogen-bond acceptors (Lipinski definition) is 5. The van der Waals surface area contributed by atoms with Crippen LogP contribution in [0.15, 0.2) is 16.1 Å². The highest BCUT2D eigenvalue weighted by Crippen LogP contribution is 2.41. The Kier molecular flexibility index (Phi) is 6.91. The van der Waals surface area contributed by atoms with Crippen LogP contribution in [0.1, 0.15) is 52.6 Å².